The molecule has 0 fully saturated rings. The summed E-state index contributed by atoms with van der Waals surface area (Å²) in [6.07, 6.45) is 0.759. The van der Waals surface area contributed by atoms with E-state index in [0.29, 0.717) is 49.2 Å². The third-order valence-corrected chi connectivity index (χ3v) is 3.85. The molecule has 0 heterocycles. The van der Waals surface area contributed by atoms with E-state index in [9.17, 15) is 4.79 Å². The SMILES string of the molecule is C=C(OCCCOCCOC)c1ccc(C(=O)Oc2ccc(OC)cc2)cc1. The van der Waals surface area contributed by atoms with Crippen molar-refractivity contribution >= 4 is 11.7 Å². The highest BCUT2D eigenvalue weighted by atomic mass is 16.5. The van der Waals surface area contributed by atoms with Gasteiger partial charge in [0.1, 0.15) is 17.3 Å². The van der Waals surface area contributed by atoms with E-state index in [0.717, 1.165) is 12.0 Å². The van der Waals surface area contributed by atoms with Gasteiger partial charge in [-0.3, -0.25) is 0 Å². The molecular weight excluding hydrogens is 360 g/mol. The first-order valence-corrected chi connectivity index (χ1v) is 8.99. The zero-order chi connectivity index (χ0) is 20.2. The van der Waals surface area contributed by atoms with Crippen molar-refractivity contribution in [2.75, 3.05) is 40.6 Å². The molecule has 0 N–H and O–H groups in total. The Hall–Kier alpha value is -2.83. The second kappa shape index (κ2) is 11.8. The van der Waals surface area contributed by atoms with Crippen molar-refractivity contribution < 1.29 is 28.5 Å². The molecule has 6 nitrogen and oxygen atoms in total. The number of hydrogen-bond acceptors (Lipinski definition) is 6. The molecular formula is C22H26O6. The lowest BCUT2D eigenvalue weighted by molar-refractivity contribution is 0.0629. The molecule has 0 aliphatic carbocycles. The van der Waals surface area contributed by atoms with Crippen LogP contribution in [0.15, 0.2) is 55.1 Å². The Bertz CT molecular complexity index is 737. The van der Waals surface area contributed by atoms with Gasteiger partial charge < -0.3 is 23.7 Å². The van der Waals surface area contributed by atoms with Gasteiger partial charge in [0.2, 0.25) is 0 Å². The number of rotatable bonds is 12. The van der Waals surface area contributed by atoms with Crippen molar-refractivity contribution in [3.8, 4) is 11.5 Å². The van der Waals surface area contributed by atoms with Crippen molar-refractivity contribution in [3.05, 3.63) is 66.2 Å². The van der Waals surface area contributed by atoms with Crippen LogP contribution >= 0.6 is 0 Å². The fraction of sp³-hybridized carbons (Fsp3) is 0.318. The summed E-state index contributed by atoms with van der Waals surface area (Å²) in [4.78, 5) is 12.2. The van der Waals surface area contributed by atoms with Crippen LogP contribution in [0.5, 0.6) is 11.5 Å². The van der Waals surface area contributed by atoms with Gasteiger partial charge in [0.05, 0.1) is 32.5 Å². The van der Waals surface area contributed by atoms with Crippen molar-refractivity contribution in [2.45, 2.75) is 6.42 Å². The molecule has 2 rings (SSSR count). The predicted octanol–water partition coefficient (Wildman–Crippen LogP) is 3.95. The van der Waals surface area contributed by atoms with Gasteiger partial charge in [-0.2, -0.15) is 0 Å². The molecule has 0 aliphatic rings. The topological polar surface area (TPSA) is 63.2 Å². The minimum absolute atomic E-state index is 0.434. The fourth-order valence-electron chi connectivity index (χ4n) is 2.29. The Morgan fingerprint density at radius 1 is 0.821 bits per heavy atom. The van der Waals surface area contributed by atoms with E-state index in [1.165, 1.54) is 0 Å². The van der Waals surface area contributed by atoms with Gasteiger partial charge >= 0.3 is 5.97 Å². The zero-order valence-corrected chi connectivity index (χ0v) is 16.3. The first kappa shape index (κ1) is 21.5. The van der Waals surface area contributed by atoms with Gasteiger partial charge in [-0.05, 0) is 36.4 Å². The molecule has 0 atom stereocenters. The van der Waals surface area contributed by atoms with Crippen LogP contribution in [-0.4, -0.2) is 46.6 Å². The first-order valence-electron chi connectivity index (χ1n) is 8.99. The summed E-state index contributed by atoms with van der Waals surface area (Å²) in [6, 6.07) is 13.8. The summed E-state index contributed by atoms with van der Waals surface area (Å²) in [5, 5.41) is 0. The summed E-state index contributed by atoms with van der Waals surface area (Å²) in [7, 11) is 3.22. The summed E-state index contributed by atoms with van der Waals surface area (Å²) in [6.45, 7) is 6.19. The minimum atomic E-state index is -0.434. The van der Waals surface area contributed by atoms with E-state index >= 15 is 0 Å². The van der Waals surface area contributed by atoms with Crippen LogP contribution in [0, 0.1) is 0 Å². The van der Waals surface area contributed by atoms with E-state index in [2.05, 4.69) is 6.58 Å². The molecule has 150 valence electrons. The van der Waals surface area contributed by atoms with Crippen LogP contribution in [0.3, 0.4) is 0 Å². The Morgan fingerprint density at radius 2 is 1.46 bits per heavy atom. The number of carbonyl (C=O) groups excluding carboxylic acids is 1. The molecule has 0 aliphatic heterocycles. The molecule has 0 saturated carbocycles. The second-order valence-corrected chi connectivity index (χ2v) is 5.87. The third kappa shape index (κ3) is 7.06. The molecule has 0 aromatic heterocycles. The summed E-state index contributed by atoms with van der Waals surface area (Å²) < 4.78 is 26.3. The van der Waals surface area contributed by atoms with E-state index in [1.54, 1.807) is 62.8 Å². The lowest BCUT2D eigenvalue weighted by atomic mass is 10.1. The van der Waals surface area contributed by atoms with Gasteiger partial charge in [-0.15, -0.1) is 0 Å². The molecule has 2 aromatic carbocycles. The van der Waals surface area contributed by atoms with Crippen LogP contribution < -0.4 is 9.47 Å². The Labute approximate surface area is 165 Å². The lowest BCUT2D eigenvalue weighted by Gasteiger charge is -2.10. The third-order valence-electron chi connectivity index (χ3n) is 3.85. The summed E-state index contributed by atoms with van der Waals surface area (Å²) in [5.74, 6) is 1.27. The van der Waals surface area contributed by atoms with Gasteiger partial charge in [0.15, 0.2) is 0 Å². The van der Waals surface area contributed by atoms with Gasteiger partial charge in [0, 0.05) is 25.7 Å². The predicted molar refractivity (Wildman–Crippen MR) is 107 cm³/mol. The first-order chi connectivity index (χ1) is 13.6. The van der Waals surface area contributed by atoms with Crippen molar-refractivity contribution in [1.82, 2.24) is 0 Å². The molecule has 0 spiro atoms. The van der Waals surface area contributed by atoms with Crippen LogP contribution in [0.2, 0.25) is 0 Å². The van der Waals surface area contributed by atoms with Gasteiger partial charge in [-0.1, -0.05) is 18.7 Å². The smallest absolute Gasteiger partial charge is 0.343 e. The summed E-state index contributed by atoms with van der Waals surface area (Å²) in [5.41, 5.74) is 1.25. The van der Waals surface area contributed by atoms with E-state index < -0.39 is 5.97 Å². The van der Waals surface area contributed by atoms with Crippen LogP contribution in [0.1, 0.15) is 22.3 Å². The highest BCUT2D eigenvalue weighted by Gasteiger charge is 2.10. The van der Waals surface area contributed by atoms with Crippen LogP contribution in [0.25, 0.3) is 5.76 Å². The average molecular weight is 386 g/mol. The molecule has 0 amide bonds. The van der Waals surface area contributed by atoms with E-state index in [1.807, 2.05) is 0 Å². The Kier molecular flexibility index (Phi) is 9.04. The fourth-order valence-corrected chi connectivity index (χ4v) is 2.29. The number of ether oxygens (including phenoxy) is 5. The molecule has 0 radical (unpaired) electrons. The lowest BCUT2D eigenvalue weighted by Crippen LogP contribution is -2.08. The monoisotopic (exact) mass is 386 g/mol. The Morgan fingerprint density at radius 3 is 2.11 bits per heavy atom. The largest absolute Gasteiger partial charge is 0.497 e. The highest BCUT2D eigenvalue weighted by molar-refractivity contribution is 5.91. The second-order valence-electron chi connectivity index (χ2n) is 5.87. The maximum absolute atomic E-state index is 12.2. The Balaban J connectivity index is 1.78. The minimum Gasteiger partial charge on any atom is -0.497 e. The maximum Gasteiger partial charge on any atom is 0.343 e. The van der Waals surface area contributed by atoms with E-state index in [4.69, 9.17) is 23.7 Å². The number of hydrogen-bond donors (Lipinski definition) is 0. The maximum atomic E-state index is 12.2. The standard InChI is InChI=1S/C22H26O6/c1-17(27-14-4-13-26-16-15-24-2)18-5-7-19(8-6-18)22(23)28-21-11-9-20(25-3)10-12-21/h5-12H,1,4,13-16H2,2-3H3. The van der Waals surface area contributed by atoms with E-state index in [-0.39, 0.29) is 0 Å². The van der Waals surface area contributed by atoms with Crippen molar-refractivity contribution in [1.29, 1.82) is 0 Å². The summed E-state index contributed by atoms with van der Waals surface area (Å²) >= 11 is 0. The zero-order valence-electron chi connectivity index (χ0n) is 16.3. The van der Waals surface area contributed by atoms with Crippen molar-refractivity contribution in [2.24, 2.45) is 0 Å². The number of esters is 1. The van der Waals surface area contributed by atoms with Gasteiger partial charge in [0.25, 0.3) is 0 Å². The molecule has 2 aromatic rings. The number of methoxy groups -OCH3 is 2. The molecule has 28 heavy (non-hydrogen) atoms. The van der Waals surface area contributed by atoms with Crippen molar-refractivity contribution in [3.63, 3.8) is 0 Å². The highest BCUT2D eigenvalue weighted by Crippen LogP contribution is 2.19. The molecule has 0 unspecified atom stereocenters. The number of carbonyl (C=O) groups is 1. The molecule has 0 bridgehead atoms. The quantitative estimate of drug-likeness (QED) is 0.238. The molecule has 0 saturated heterocycles. The molecule has 6 heteroatoms. The van der Waals surface area contributed by atoms with Gasteiger partial charge in [-0.25, -0.2) is 4.79 Å². The van der Waals surface area contributed by atoms with Crippen LogP contribution in [0.4, 0.5) is 0 Å². The normalized spacial score (nSPS) is 10.4. The average Bonchev–Trinajstić information content (AvgIpc) is 2.73. The van der Waals surface area contributed by atoms with Crippen LogP contribution in [-0.2, 0) is 14.2 Å². The number of benzene rings is 2.